The van der Waals surface area contributed by atoms with Crippen LogP contribution in [0, 0.1) is 11.6 Å². The second-order valence-electron chi connectivity index (χ2n) is 10.2. The third kappa shape index (κ3) is 7.25. The molecule has 0 fully saturated rings. The summed E-state index contributed by atoms with van der Waals surface area (Å²) in [7, 11) is 4.55. The first-order valence-corrected chi connectivity index (χ1v) is 12.9. The van der Waals surface area contributed by atoms with E-state index in [1.807, 2.05) is 0 Å². The van der Waals surface area contributed by atoms with Crippen LogP contribution in [-0.4, -0.2) is 61.0 Å². The number of nitrogens with one attached hydrogen (secondary N) is 1. The summed E-state index contributed by atoms with van der Waals surface area (Å²) < 4.78 is 57.8. The first-order valence-electron chi connectivity index (χ1n) is 12.9. The highest BCUT2D eigenvalue weighted by Gasteiger charge is 2.21. The molecule has 42 heavy (non-hydrogen) atoms. The molecule has 0 spiro atoms. The number of likely N-dealkylation sites (N-methyl/N-ethyl adjacent to an activating group) is 1. The van der Waals surface area contributed by atoms with E-state index in [1.54, 1.807) is 46.0 Å². The van der Waals surface area contributed by atoms with Crippen molar-refractivity contribution in [1.82, 2.24) is 14.9 Å². The van der Waals surface area contributed by atoms with Crippen LogP contribution in [0.2, 0.25) is 0 Å². The Kier molecular flexibility index (Phi) is 9.14. The molecule has 4 rings (SSSR count). The van der Waals surface area contributed by atoms with Gasteiger partial charge in [-0.2, -0.15) is 0 Å². The first-order chi connectivity index (χ1) is 20.0. The van der Waals surface area contributed by atoms with Gasteiger partial charge in [0.15, 0.2) is 28.9 Å². The number of amides is 1. The fourth-order valence-corrected chi connectivity index (χ4v) is 3.86. The standard InChI is InChI=1S/C30H32F2N4O6/c1-30(2,3)42-29(37)36(4)11-12-40-27-16-22-19(15-26(27)39-6)24(8-10-34-22)41-28-20(31)13-18(14-21(28)32)35-23-17-33-9-7-25(23)38-5/h7-10,13-17,35H,11-12H2,1-6H3. The van der Waals surface area contributed by atoms with Crippen molar-refractivity contribution in [2.45, 2.75) is 26.4 Å². The molecule has 0 atom stereocenters. The molecule has 0 unspecified atom stereocenters. The molecule has 0 aliphatic rings. The van der Waals surface area contributed by atoms with Crippen LogP contribution in [0.3, 0.4) is 0 Å². The lowest BCUT2D eigenvalue weighted by molar-refractivity contribution is 0.0278. The minimum Gasteiger partial charge on any atom is -0.494 e. The highest BCUT2D eigenvalue weighted by molar-refractivity contribution is 5.88. The minimum atomic E-state index is -0.925. The average molecular weight is 583 g/mol. The van der Waals surface area contributed by atoms with Gasteiger partial charge in [0.05, 0.1) is 38.2 Å². The Bertz CT molecular complexity index is 1550. The maximum Gasteiger partial charge on any atom is 0.410 e. The van der Waals surface area contributed by atoms with Gasteiger partial charge in [-0.15, -0.1) is 0 Å². The maximum atomic E-state index is 15.1. The van der Waals surface area contributed by atoms with Gasteiger partial charge in [0.25, 0.3) is 0 Å². The van der Waals surface area contributed by atoms with Gasteiger partial charge in [-0.25, -0.2) is 13.6 Å². The SMILES string of the molecule is COc1ccncc1Nc1cc(F)c(Oc2ccnc3cc(OCCN(C)C(=O)OC(C)(C)C)c(OC)cc23)c(F)c1. The second kappa shape index (κ2) is 12.8. The van der Waals surface area contributed by atoms with Crippen molar-refractivity contribution in [3.63, 3.8) is 0 Å². The third-order valence-electron chi connectivity index (χ3n) is 5.87. The van der Waals surface area contributed by atoms with E-state index in [0.29, 0.717) is 33.8 Å². The number of benzene rings is 2. The zero-order valence-corrected chi connectivity index (χ0v) is 24.2. The average Bonchev–Trinajstić information content (AvgIpc) is 2.94. The van der Waals surface area contributed by atoms with E-state index >= 15 is 8.78 Å². The van der Waals surface area contributed by atoms with Crippen LogP contribution in [-0.2, 0) is 4.74 Å². The lowest BCUT2D eigenvalue weighted by atomic mass is 10.1. The molecule has 222 valence electrons. The van der Waals surface area contributed by atoms with Crippen LogP contribution in [0.5, 0.6) is 28.7 Å². The molecule has 0 aliphatic carbocycles. The van der Waals surface area contributed by atoms with E-state index in [4.69, 9.17) is 23.7 Å². The molecule has 0 bridgehead atoms. The number of halogens is 2. The number of ether oxygens (including phenoxy) is 5. The molecule has 0 radical (unpaired) electrons. The zero-order valence-electron chi connectivity index (χ0n) is 24.2. The third-order valence-corrected chi connectivity index (χ3v) is 5.87. The Morgan fingerprint density at radius 1 is 0.952 bits per heavy atom. The number of fused-ring (bicyclic) bond motifs is 1. The zero-order chi connectivity index (χ0) is 30.4. The highest BCUT2D eigenvalue weighted by atomic mass is 19.1. The summed E-state index contributed by atoms with van der Waals surface area (Å²) in [5.74, 6) is -1.12. The number of carbonyl (C=O) groups excluding carboxylic acids is 1. The fourth-order valence-electron chi connectivity index (χ4n) is 3.86. The number of hydrogen-bond acceptors (Lipinski definition) is 9. The Morgan fingerprint density at radius 3 is 2.31 bits per heavy atom. The lowest BCUT2D eigenvalue weighted by Gasteiger charge is -2.24. The van der Waals surface area contributed by atoms with Crippen LogP contribution in [0.25, 0.3) is 10.9 Å². The molecular weight excluding hydrogens is 550 g/mol. The number of hydrogen-bond donors (Lipinski definition) is 1. The predicted octanol–water partition coefficient (Wildman–Crippen LogP) is 6.71. The van der Waals surface area contributed by atoms with Crippen molar-refractivity contribution in [3.05, 3.63) is 66.6 Å². The van der Waals surface area contributed by atoms with Gasteiger partial charge >= 0.3 is 6.09 Å². The Morgan fingerprint density at radius 2 is 1.64 bits per heavy atom. The van der Waals surface area contributed by atoms with E-state index in [1.165, 1.54) is 43.8 Å². The van der Waals surface area contributed by atoms with Gasteiger partial charge in [0.1, 0.15) is 23.7 Å². The number of methoxy groups -OCH3 is 2. The number of anilines is 2. The molecule has 2 heterocycles. The summed E-state index contributed by atoms with van der Waals surface area (Å²) in [6.45, 7) is 5.77. The minimum absolute atomic E-state index is 0.143. The van der Waals surface area contributed by atoms with E-state index in [9.17, 15) is 4.79 Å². The molecule has 10 nitrogen and oxygen atoms in total. The number of aromatic nitrogens is 2. The maximum absolute atomic E-state index is 15.1. The van der Waals surface area contributed by atoms with E-state index in [2.05, 4.69) is 15.3 Å². The molecular formula is C30H32F2N4O6. The van der Waals surface area contributed by atoms with Crippen molar-refractivity contribution < 1.29 is 37.3 Å². The van der Waals surface area contributed by atoms with Crippen LogP contribution in [0.4, 0.5) is 25.0 Å². The Balaban J connectivity index is 1.53. The van der Waals surface area contributed by atoms with E-state index in [0.717, 1.165) is 12.1 Å². The second-order valence-corrected chi connectivity index (χ2v) is 10.2. The summed E-state index contributed by atoms with van der Waals surface area (Å²) in [6.07, 6.45) is 3.99. The van der Waals surface area contributed by atoms with Crippen molar-refractivity contribution in [2.75, 3.05) is 39.7 Å². The summed E-state index contributed by atoms with van der Waals surface area (Å²) in [5, 5.41) is 3.33. The van der Waals surface area contributed by atoms with Gasteiger partial charge in [-0.1, -0.05) is 0 Å². The molecule has 0 saturated carbocycles. The topological polar surface area (TPSA) is 104 Å². The van der Waals surface area contributed by atoms with Crippen LogP contribution < -0.4 is 24.3 Å². The quantitative estimate of drug-likeness (QED) is 0.219. The molecule has 0 aliphatic heterocycles. The van der Waals surface area contributed by atoms with Gasteiger partial charge in [-0.3, -0.25) is 9.97 Å². The van der Waals surface area contributed by atoms with Crippen LogP contribution in [0.1, 0.15) is 20.8 Å². The summed E-state index contributed by atoms with van der Waals surface area (Å²) in [6, 6.07) is 8.54. The van der Waals surface area contributed by atoms with Crippen molar-refractivity contribution in [2.24, 2.45) is 0 Å². The lowest BCUT2D eigenvalue weighted by Crippen LogP contribution is -2.36. The number of carbonyl (C=O) groups is 1. The Hall–Kier alpha value is -4.87. The van der Waals surface area contributed by atoms with Gasteiger partial charge < -0.3 is 33.9 Å². The summed E-state index contributed by atoms with van der Waals surface area (Å²) in [5.41, 5.74) is 0.405. The molecule has 1 N–H and O–H groups in total. The van der Waals surface area contributed by atoms with Gasteiger partial charge in [0.2, 0.25) is 0 Å². The highest BCUT2D eigenvalue weighted by Crippen LogP contribution is 2.39. The molecule has 12 heteroatoms. The van der Waals surface area contributed by atoms with E-state index < -0.39 is 29.1 Å². The van der Waals surface area contributed by atoms with Gasteiger partial charge in [0, 0.05) is 54.8 Å². The molecule has 2 aromatic carbocycles. The van der Waals surface area contributed by atoms with Crippen LogP contribution in [0.15, 0.2) is 55.0 Å². The fraction of sp³-hybridized carbons (Fsp3) is 0.300. The molecule has 2 aromatic heterocycles. The number of nitrogens with zero attached hydrogens (tertiary/aromatic N) is 3. The van der Waals surface area contributed by atoms with Crippen molar-refractivity contribution in [3.8, 4) is 28.7 Å². The summed E-state index contributed by atoms with van der Waals surface area (Å²) >= 11 is 0. The smallest absolute Gasteiger partial charge is 0.410 e. The van der Waals surface area contributed by atoms with Crippen molar-refractivity contribution in [1.29, 1.82) is 0 Å². The number of rotatable bonds is 10. The van der Waals surface area contributed by atoms with Gasteiger partial charge in [-0.05, 0) is 32.9 Å². The van der Waals surface area contributed by atoms with Crippen LogP contribution >= 0.6 is 0 Å². The predicted molar refractivity (Wildman–Crippen MR) is 153 cm³/mol. The van der Waals surface area contributed by atoms with Crippen molar-refractivity contribution >= 4 is 28.4 Å². The number of pyridine rings is 2. The monoisotopic (exact) mass is 582 g/mol. The normalized spacial score (nSPS) is 11.1. The Labute approximate surface area is 242 Å². The molecule has 4 aromatic rings. The summed E-state index contributed by atoms with van der Waals surface area (Å²) in [4.78, 5) is 21.9. The molecule has 0 saturated heterocycles. The molecule has 1 amide bonds. The van der Waals surface area contributed by atoms with E-state index in [-0.39, 0.29) is 24.6 Å². The largest absolute Gasteiger partial charge is 0.494 e. The first kappa shape index (κ1) is 30.1.